The summed E-state index contributed by atoms with van der Waals surface area (Å²) in [5.41, 5.74) is -0.848. The van der Waals surface area contributed by atoms with Gasteiger partial charge in [-0.15, -0.1) is 11.3 Å². The van der Waals surface area contributed by atoms with E-state index in [2.05, 4.69) is 20.5 Å². The Bertz CT molecular complexity index is 992. The molecule has 1 amide bonds. The molecule has 0 atom stereocenters. The number of H-pyrrole nitrogens is 1. The van der Waals surface area contributed by atoms with Crippen LogP contribution < -0.4 is 5.32 Å². The van der Waals surface area contributed by atoms with Crippen molar-refractivity contribution in [3.05, 3.63) is 68.9 Å². The standard InChI is InChI=1S/C19H19F3N4O2S/c1-18(2,28)16-14(10-23-17(27)13-6-7-24-26-13)29-15(25-16)9-11-4-3-5-12(8-11)19(20,21)22/h3-8,28H,9-10H2,1-2H3,(H,23,27)(H,24,26). The van der Waals surface area contributed by atoms with Gasteiger partial charge in [0.05, 0.1) is 27.7 Å². The summed E-state index contributed by atoms with van der Waals surface area (Å²) in [5.74, 6) is -0.364. The lowest BCUT2D eigenvalue weighted by Gasteiger charge is -2.16. The highest BCUT2D eigenvalue weighted by Crippen LogP contribution is 2.32. The molecule has 2 heterocycles. The summed E-state index contributed by atoms with van der Waals surface area (Å²) < 4.78 is 38.8. The van der Waals surface area contributed by atoms with E-state index >= 15 is 0 Å². The van der Waals surface area contributed by atoms with Crippen molar-refractivity contribution in [1.82, 2.24) is 20.5 Å². The van der Waals surface area contributed by atoms with Crippen LogP contribution in [-0.4, -0.2) is 26.2 Å². The molecule has 0 saturated heterocycles. The number of aromatic nitrogens is 3. The zero-order valence-corrected chi connectivity index (χ0v) is 16.5. The minimum absolute atomic E-state index is 0.122. The quantitative estimate of drug-likeness (QED) is 0.564. The van der Waals surface area contributed by atoms with E-state index in [1.54, 1.807) is 19.9 Å². The van der Waals surface area contributed by atoms with Crippen LogP contribution in [0, 0.1) is 0 Å². The number of rotatable bonds is 6. The zero-order chi connectivity index (χ0) is 21.2. The van der Waals surface area contributed by atoms with Crippen LogP contribution in [0.1, 0.15) is 51.0 Å². The predicted octanol–water partition coefficient (Wildman–Crippen LogP) is 3.63. The molecule has 3 N–H and O–H groups in total. The number of aromatic amines is 1. The van der Waals surface area contributed by atoms with Gasteiger partial charge in [0, 0.05) is 12.6 Å². The second-order valence-electron chi connectivity index (χ2n) is 6.97. The molecule has 0 unspecified atom stereocenters. The van der Waals surface area contributed by atoms with Crippen LogP contribution in [0.4, 0.5) is 13.2 Å². The number of aliphatic hydroxyl groups is 1. The summed E-state index contributed by atoms with van der Waals surface area (Å²) in [6.07, 6.45) is -2.78. The summed E-state index contributed by atoms with van der Waals surface area (Å²) in [4.78, 5) is 17.2. The Morgan fingerprint density at radius 1 is 1.28 bits per heavy atom. The first-order valence-corrected chi connectivity index (χ1v) is 9.51. The number of nitrogens with zero attached hydrogens (tertiary/aromatic N) is 2. The molecule has 2 aromatic heterocycles. The van der Waals surface area contributed by atoms with Gasteiger partial charge in [-0.25, -0.2) is 4.98 Å². The molecule has 0 bridgehead atoms. The lowest BCUT2D eigenvalue weighted by molar-refractivity contribution is -0.137. The van der Waals surface area contributed by atoms with Crippen LogP contribution in [0.5, 0.6) is 0 Å². The molecular weight excluding hydrogens is 405 g/mol. The monoisotopic (exact) mass is 424 g/mol. The number of alkyl halides is 3. The minimum Gasteiger partial charge on any atom is -0.384 e. The van der Waals surface area contributed by atoms with E-state index < -0.39 is 17.3 Å². The van der Waals surface area contributed by atoms with Gasteiger partial charge >= 0.3 is 6.18 Å². The van der Waals surface area contributed by atoms with Gasteiger partial charge in [-0.05, 0) is 31.5 Å². The summed E-state index contributed by atoms with van der Waals surface area (Å²) in [7, 11) is 0. The topological polar surface area (TPSA) is 90.9 Å². The third-order valence-corrected chi connectivity index (χ3v) is 5.14. The molecule has 0 aliphatic heterocycles. The van der Waals surface area contributed by atoms with E-state index in [9.17, 15) is 23.1 Å². The fraction of sp³-hybridized carbons (Fsp3) is 0.316. The summed E-state index contributed by atoms with van der Waals surface area (Å²) >= 11 is 1.24. The third-order valence-electron chi connectivity index (χ3n) is 4.09. The fourth-order valence-electron chi connectivity index (χ4n) is 2.74. The van der Waals surface area contributed by atoms with Crippen molar-refractivity contribution in [3.63, 3.8) is 0 Å². The van der Waals surface area contributed by atoms with E-state index in [4.69, 9.17) is 0 Å². The Morgan fingerprint density at radius 2 is 2.03 bits per heavy atom. The molecule has 0 aliphatic rings. The zero-order valence-electron chi connectivity index (χ0n) is 15.7. The van der Waals surface area contributed by atoms with Crippen molar-refractivity contribution in [1.29, 1.82) is 0 Å². The van der Waals surface area contributed by atoms with Crippen molar-refractivity contribution in [2.24, 2.45) is 0 Å². The number of thiazole rings is 1. The number of benzene rings is 1. The maximum Gasteiger partial charge on any atom is 0.416 e. The van der Waals surface area contributed by atoms with Gasteiger partial charge in [-0.2, -0.15) is 18.3 Å². The Balaban J connectivity index is 1.81. The maximum absolute atomic E-state index is 12.9. The molecule has 0 saturated carbocycles. The maximum atomic E-state index is 12.9. The van der Waals surface area contributed by atoms with Crippen LogP contribution in [0.25, 0.3) is 0 Å². The smallest absolute Gasteiger partial charge is 0.384 e. The first-order chi connectivity index (χ1) is 13.5. The van der Waals surface area contributed by atoms with Gasteiger partial charge in [0.1, 0.15) is 11.3 Å². The molecule has 1 aromatic carbocycles. The minimum atomic E-state index is -4.42. The Hall–Kier alpha value is -2.72. The second-order valence-corrected chi connectivity index (χ2v) is 8.13. The molecule has 154 valence electrons. The number of nitrogens with one attached hydrogen (secondary N) is 2. The van der Waals surface area contributed by atoms with E-state index in [-0.39, 0.29) is 18.9 Å². The molecule has 3 aromatic rings. The molecule has 6 nitrogen and oxygen atoms in total. The van der Waals surface area contributed by atoms with Gasteiger partial charge in [-0.1, -0.05) is 18.2 Å². The second kappa shape index (κ2) is 7.96. The Labute approximate surface area is 168 Å². The number of amides is 1. The molecular formula is C19H19F3N4O2S. The van der Waals surface area contributed by atoms with Crippen molar-refractivity contribution < 1.29 is 23.1 Å². The van der Waals surface area contributed by atoms with Crippen LogP contribution >= 0.6 is 11.3 Å². The van der Waals surface area contributed by atoms with Crippen LogP contribution in [0.2, 0.25) is 0 Å². The number of halogens is 3. The molecule has 3 rings (SSSR count). The highest BCUT2D eigenvalue weighted by Gasteiger charge is 2.30. The van der Waals surface area contributed by atoms with E-state index in [0.717, 1.165) is 12.1 Å². The average Bonchev–Trinajstić information content (AvgIpc) is 3.29. The molecule has 29 heavy (non-hydrogen) atoms. The summed E-state index contributed by atoms with van der Waals surface area (Å²) in [5, 5.41) is 20.0. The normalized spacial score (nSPS) is 12.2. The number of carbonyl (C=O) groups excluding carboxylic acids is 1. The highest BCUT2D eigenvalue weighted by molar-refractivity contribution is 7.11. The van der Waals surface area contributed by atoms with Gasteiger partial charge < -0.3 is 10.4 Å². The van der Waals surface area contributed by atoms with Crippen LogP contribution in [-0.2, 0) is 24.7 Å². The first-order valence-electron chi connectivity index (χ1n) is 8.69. The van der Waals surface area contributed by atoms with E-state index in [1.165, 1.54) is 29.7 Å². The van der Waals surface area contributed by atoms with Crippen LogP contribution in [0.3, 0.4) is 0 Å². The van der Waals surface area contributed by atoms with Gasteiger partial charge in [0.25, 0.3) is 5.91 Å². The molecule has 0 spiro atoms. The number of hydrogen-bond donors (Lipinski definition) is 3. The lowest BCUT2D eigenvalue weighted by atomic mass is 10.0. The lowest BCUT2D eigenvalue weighted by Crippen LogP contribution is -2.25. The van der Waals surface area contributed by atoms with E-state index in [1.807, 2.05) is 0 Å². The molecule has 10 heteroatoms. The predicted molar refractivity (Wildman–Crippen MR) is 101 cm³/mol. The summed E-state index contributed by atoms with van der Waals surface area (Å²) in [6, 6.07) is 6.58. The molecule has 0 radical (unpaired) electrons. The largest absolute Gasteiger partial charge is 0.416 e. The number of hydrogen-bond acceptors (Lipinski definition) is 5. The fourth-order valence-corrected chi connectivity index (χ4v) is 3.94. The van der Waals surface area contributed by atoms with Gasteiger partial charge in [-0.3, -0.25) is 9.89 Å². The van der Waals surface area contributed by atoms with Crippen molar-refractivity contribution in [2.45, 2.75) is 38.6 Å². The van der Waals surface area contributed by atoms with E-state index in [0.29, 0.717) is 26.8 Å². The summed E-state index contributed by atoms with van der Waals surface area (Å²) in [6.45, 7) is 3.25. The van der Waals surface area contributed by atoms with Crippen molar-refractivity contribution in [2.75, 3.05) is 0 Å². The van der Waals surface area contributed by atoms with Gasteiger partial charge in [0.2, 0.25) is 0 Å². The molecule has 0 aliphatic carbocycles. The third kappa shape index (κ3) is 5.21. The SMILES string of the molecule is CC(C)(O)c1nc(Cc2cccc(C(F)(F)F)c2)sc1CNC(=O)c1ccn[nH]1. The Kier molecular flexibility index (Phi) is 5.76. The van der Waals surface area contributed by atoms with Crippen molar-refractivity contribution in [3.8, 4) is 0 Å². The van der Waals surface area contributed by atoms with Crippen LogP contribution in [0.15, 0.2) is 36.5 Å². The average molecular weight is 424 g/mol. The number of carbonyl (C=O) groups is 1. The Morgan fingerprint density at radius 3 is 2.66 bits per heavy atom. The van der Waals surface area contributed by atoms with Gasteiger partial charge in [0.15, 0.2) is 0 Å². The van der Waals surface area contributed by atoms with Crippen molar-refractivity contribution >= 4 is 17.2 Å². The molecule has 0 fully saturated rings. The first kappa shape index (κ1) is 21.0. The highest BCUT2D eigenvalue weighted by atomic mass is 32.1.